The molecule has 0 aliphatic carbocycles. The van der Waals surface area contributed by atoms with Crippen molar-refractivity contribution in [1.29, 1.82) is 0 Å². The Bertz CT molecular complexity index is 400. The lowest BCUT2D eigenvalue weighted by Crippen LogP contribution is -2.13. The van der Waals surface area contributed by atoms with Crippen molar-refractivity contribution < 1.29 is 9.53 Å². The fourth-order valence-corrected chi connectivity index (χ4v) is 2.17. The molecular weight excluding hydrogens is 226 g/mol. The van der Waals surface area contributed by atoms with E-state index in [1.165, 1.54) is 0 Å². The topological polar surface area (TPSA) is 52.3 Å². The zero-order valence-corrected chi connectivity index (χ0v) is 9.67. The van der Waals surface area contributed by atoms with E-state index in [2.05, 4.69) is 0 Å². The van der Waals surface area contributed by atoms with Crippen LogP contribution in [0.2, 0.25) is 5.02 Å². The molecule has 2 N–H and O–H groups in total. The van der Waals surface area contributed by atoms with Crippen LogP contribution in [-0.4, -0.2) is 18.5 Å². The van der Waals surface area contributed by atoms with Crippen molar-refractivity contribution in [3.8, 4) is 0 Å². The fourth-order valence-electron chi connectivity index (χ4n) is 1.88. The standard InChI is InChI=1S/C12H14ClNO2/c13-11-6-8(14)3-4-10(11)12(15)7-9-2-1-5-16-9/h3-4,6,9H,1-2,5,7,14H2. The van der Waals surface area contributed by atoms with Gasteiger partial charge in [-0.2, -0.15) is 0 Å². The summed E-state index contributed by atoms with van der Waals surface area (Å²) in [5.41, 5.74) is 6.67. The average Bonchev–Trinajstić information content (AvgIpc) is 2.70. The van der Waals surface area contributed by atoms with Crippen LogP contribution in [-0.2, 0) is 4.74 Å². The normalized spacial score (nSPS) is 19.9. The number of anilines is 1. The van der Waals surface area contributed by atoms with E-state index in [9.17, 15) is 4.79 Å². The quantitative estimate of drug-likeness (QED) is 0.652. The summed E-state index contributed by atoms with van der Waals surface area (Å²) in [5.74, 6) is 0.0249. The maximum atomic E-state index is 11.9. The van der Waals surface area contributed by atoms with E-state index in [-0.39, 0.29) is 11.9 Å². The van der Waals surface area contributed by atoms with Crippen molar-refractivity contribution in [3.05, 3.63) is 28.8 Å². The van der Waals surface area contributed by atoms with Gasteiger partial charge in [0.25, 0.3) is 0 Å². The molecule has 0 amide bonds. The van der Waals surface area contributed by atoms with Gasteiger partial charge < -0.3 is 10.5 Å². The van der Waals surface area contributed by atoms with Crippen molar-refractivity contribution in [2.75, 3.05) is 12.3 Å². The number of halogens is 1. The van der Waals surface area contributed by atoms with Crippen LogP contribution in [0.4, 0.5) is 5.69 Å². The van der Waals surface area contributed by atoms with Crippen LogP contribution in [0.3, 0.4) is 0 Å². The first-order valence-electron chi connectivity index (χ1n) is 5.36. The molecule has 1 aliphatic rings. The first-order chi connectivity index (χ1) is 7.66. The van der Waals surface area contributed by atoms with Gasteiger partial charge in [0, 0.05) is 24.3 Å². The third kappa shape index (κ3) is 2.54. The number of benzene rings is 1. The van der Waals surface area contributed by atoms with Gasteiger partial charge in [-0.05, 0) is 31.0 Å². The molecule has 1 fully saturated rings. The van der Waals surface area contributed by atoms with Crippen molar-refractivity contribution in [1.82, 2.24) is 0 Å². The Morgan fingerprint density at radius 3 is 3.00 bits per heavy atom. The summed E-state index contributed by atoms with van der Waals surface area (Å²) in [6.07, 6.45) is 2.45. The first kappa shape index (κ1) is 11.4. The van der Waals surface area contributed by atoms with Crippen LogP contribution in [0.5, 0.6) is 0 Å². The molecule has 1 atom stereocenters. The Morgan fingerprint density at radius 2 is 2.38 bits per heavy atom. The van der Waals surface area contributed by atoms with Crippen LogP contribution >= 0.6 is 11.6 Å². The minimum atomic E-state index is 0.0249. The van der Waals surface area contributed by atoms with Gasteiger partial charge in [0.05, 0.1) is 11.1 Å². The van der Waals surface area contributed by atoms with Crippen LogP contribution in [0.15, 0.2) is 18.2 Å². The SMILES string of the molecule is Nc1ccc(C(=O)CC2CCCO2)c(Cl)c1. The van der Waals surface area contributed by atoms with Crippen LogP contribution < -0.4 is 5.73 Å². The Kier molecular flexibility index (Phi) is 3.46. The molecule has 0 saturated carbocycles. The second-order valence-corrected chi connectivity index (χ2v) is 4.41. The maximum absolute atomic E-state index is 11.9. The molecule has 4 heteroatoms. The lowest BCUT2D eigenvalue weighted by atomic mass is 10.0. The number of nitrogen functional groups attached to an aromatic ring is 1. The van der Waals surface area contributed by atoms with Gasteiger partial charge in [-0.15, -0.1) is 0 Å². The van der Waals surface area contributed by atoms with E-state index in [0.29, 0.717) is 22.7 Å². The van der Waals surface area contributed by atoms with Gasteiger partial charge in [-0.3, -0.25) is 4.79 Å². The Balaban J connectivity index is 2.08. The van der Waals surface area contributed by atoms with Crippen molar-refractivity contribution in [3.63, 3.8) is 0 Å². The number of carbonyl (C=O) groups is 1. The minimum Gasteiger partial charge on any atom is -0.399 e. The second kappa shape index (κ2) is 4.85. The summed E-state index contributed by atoms with van der Waals surface area (Å²) < 4.78 is 5.42. The van der Waals surface area contributed by atoms with E-state index in [1.807, 2.05) is 0 Å². The van der Waals surface area contributed by atoms with Crippen LogP contribution in [0, 0.1) is 0 Å². The van der Waals surface area contributed by atoms with Gasteiger partial charge in [-0.25, -0.2) is 0 Å². The van der Waals surface area contributed by atoms with Crippen LogP contribution in [0.25, 0.3) is 0 Å². The molecule has 1 heterocycles. The lowest BCUT2D eigenvalue weighted by molar-refractivity contribution is 0.0776. The van der Waals surface area contributed by atoms with Gasteiger partial charge in [-0.1, -0.05) is 11.6 Å². The third-order valence-corrected chi connectivity index (χ3v) is 3.04. The molecule has 86 valence electrons. The molecule has 0 radical (unpaired) electrons. The summed E-state index contributed by atoms with van der Waals surface area (Å²) >= 11 is 5.97. The number of rotatable bonds is 3. The maximum Gasteiger partial charge on any atom is 0.166 e. The summed E-state index contributed by atoms with van der Waals surface area (Å²) in [4.78, 5) is 11.9. The number of Topliss-reactive ketones (excluding diaryl/α,β-unsaturated/α-hetero) is 1. The largest absolute Gasteiger partial charge is 0.399 e. The van der Waals surface area contributed by atoms with E-state index < -0.39 is 0 Å². The predicted octanol–water partition coefficient (Wildman–Crippen LogP) is 2.67. The molecule has 3 nitrogen and oxygen atoms in total. The molecule has 2 rings (SSSR count). The Hall–Kier alpha value is -1.06. The number of carbonyl (C=O) groups excluding carboxylic acids is 1. The van der Waals surface area contributed by atoms with Crippen molar-refractivity contribution >= 4 is 23.1 Å². The summed E-state index contributed by atoms with van der Waals surface area (Å²) in [7, 11) is 0. The van der Waals surface area contributed by atoms with Gasteiger partial charge in [0.1, 0.15) is 0 Å². The molecular formula is C12H14ClNO2. The van der Waals surface area contributed by atoms with Gasteiger partial charge in [0.2, 0.25) is 0 Å². The first-order valence-corrected chi connectivity index (χ1v) is 5.74. The number of hydrogen-bond donors (Lipinski definition) is 1. The van der Waals surface area contributed by atoms with E-state index >= 15 is 0 Å². The molecule has 1 aliphatic heterocycles. The number of nitrogens with two attached hydrogens (primary N) is 1. The smallest absolute Gasteiger partial charge is 0.166 e. The number of ether oxygens (including phenoxy) is 1. The molecule has 0 spiro atoms. The van der Waals surface area contributed by atoms with Crippen molar-refractivity contribution in [2.24, 2.45) is 0 Å². The minimum absolute atomic E-state index is 0.0249. The summed E-state index contributed by atoms with van der Waals surface area (Å²) in [6.45, 7) is 0.757. The fraction of sp³-hybridized carbons (Fsp3) is 0.417. The molecule has 16 heavy (non-hydrogen) atoms. The highest BCUT2D eigenvalue weighted by Gasteiger charge is 2.21. The molecule has 0 bridgehead atoms. The highest BCUT2D eigenvalue weighted by atomic mass is 35.5. The van der Waals surface area contributed by atoms with Crippen LogP contribution in [0.1, 0.15) is 29.6 Å². The van der Waals surface area contributed by atoms with E-state index in [4.69, 9.17) is 22.1 Å². The molecule has 0 aromatic heterocycles. The molecule has 1 saturated heterocycles. The number of hydrogen-bond acceptors (Lipinski definition) is 3. The van der Waals surface area contributed by atoms with Gasteiger partial charge >= 0.3 is 0 Å². The zero-order valence-electron chi connectivity index (χ0n) is 8.91. The second-order valence-electron chi connectivity index (χ2n) is 4.00. The highest BCUT2D eigenvalue weighted by molar-refractivity contribution is 6.34. The molecule has 1 unspecified atom stereocenters. The monoisotopic (exact) mass is 239 g/mol. The average molecular weight is 240 g/mol. The highest BCUT2D eigenvalue weighted by Crippen LogP contribution is 2.23. The Morgan fingerprint density at radius 1 is 1.56 bits per heavy atom. The Labute approximate surface area is 99.5 Å². The summed E-state index contributed by atoms with van der Waals surface area (Å²) in [6, 6.07) is 4.97. The van der Waals surface area contributed by atoms with E-state index in [1.54, 1.807) is 18.2 Å². The van der Waals surface area contributed by atoms with E-state index in [0.717, 1.165) is 19.4 Å². The zero-order chi connectivity index (χ0) is 11.5. The molecule has 1 aromatic rings. The summed E-state index contributed by atoms with van der Waals surface area (Å²) in [5, 5.41) is 0.419. The number of ketones is 1. The predicted molar refractivity (Wildman–Crippen MR) is 63.8 cm³/mol. The molecule has 1 aromatic carbocycles. The van der Waals surface area contributed by atoms with Gasteiger partial charge in [0.15, 0.2) is 5.78 Å². The third-order valence-electron chi connectivity index (χ3n) is 2.73. The lowest BCUT2D eigenvalue weighted by Gasteiger charge is -2.09. The van der Waals surface area contributed by atoms with Crippen molar-refractivity contribution in [2.45, 2.75) is 25.4 Å².